The highest BCUT2D eigenvalue weighted by Gasteiger charge is 2.20. The highest BCUT2D eigenvalue weighted by atomic mass is 32.1. The van der Waals surface area contributed by atoms with Crippen LogP contribution in [0.4, 0.5) is 0 Å². The fraction of sp³-hybridized carbons (Fsp3) is 0.500. The molecule has 0 saturated heterocycles. The van der Waals surface area contributed by atoms with Gasteiger partial charge in [-0.15, -0.1) is 5.10 Å². The van der Waals surface area contributed by atoms with E-state index in [1.165, 1.54) is 4.68 Å². The number of nitrogens with zero attached hydrogens (tertiary/aromatic N) is 3. The van der Waals surface area contributed by atoms with E-state index in [1.54, 1.807) is 13.2 Å². The van der Waals surface area contributed by atoms with Gasteiger partial charge in [0.2, 0.25) is 0 Å². The van der Waals surface area contributed by atoms with Crippen LogP contribution in [0.5, 0.6) is 0 Å². The van der Waals surface area contributed by atoms with Crippen molar-refractivity contribution in [3.05, 3.63) is 11.9 Å². The summed E-state index contributed by atoms with van der Waals surface area (Å²) in [4.78, 5) is 10.6. The molecule has 0 bridgehead atoms. The quantitative estimate of drug-likeness (QED) is 0.649. The van der Waals surface area contributed by atoms with Crippen molar-refractivity contribution in [2.75, 3.05) is 5.75 Å². The summed E-state index contributed by atoms with van der Waals surface area (Å²) < 4.78 is 1.47. The van der Waals surface area contributed by atoms with Crippen LogP contribution in [0.2, 0.25) is 0 Å². The fourth-order valence-corrected chi connectivity index (χ4v) is 1.17. The number of aryl methyl sites for hydroxylation is 1. The minimum Gasteiger partial charge on any atom is -0.481 e. The Morgan fingerprint density at radius 2 is 2.58 bits per heavy atom. The van der Waals surface area contributed by atoms with Gasteiger partial charge in [-0.25, -0.2) is 0 Å². The molecule has 6 heteroatoms. The summed E-state index contributed by atoms with van der Waals surface area (Å²) in [5, 5.41) is 16.0. The summed E-state index contributed by atoms with van der Waals surface area (Å²) in [5.74, 6) is -1.36. The van der Waals surface area contributed by atoms with Crippen LogP contribution in [-0.4, -0.2) is 31.8 Å². The van der Waals surface area contributed by atoms with Crippen LogP contribution in [0.3, 0.4) is 0 Å². The molecule has 1 rings (SSSR count). The third-order valence-electron chi connectivity index (χ3n) is 1.46. The lowest BCUT2D eigenvalue weighted by atomic mass is 10.1. The van der Waals surface area contributed by atoms with Crippen molar-refractivity contribution in [3.8, 4) is 0 Å². The number of carbonyl (C=O) groups is 1. The average molecular weight is 187 g/mol. The molecule has 1 heterocycles. The molecule has 1 aromatic heterocycles. The predicted octanol–water partition coefficient (Wildman–Crippen LogP) is -0.0869. The molecule has 0 fully saturated rings. The van der Waals surface area contributed by atoms with E-state index in [1.807, 2.05) is 0 Å². The molecular formula is C6H9N3O2S. The number of hydrogen-bond donors (Lipinski definition) is 2. The van der Waals surface area contributed by atoms with Crippen LogP contribution in [0.15, 0.2) is 6.20 Å². The van der Waals surface area contributed by atoms with E-state index < -0.39 is 11.9 Å². The van der Waals surface area contributed by atoms with Gasteiger partial charge in [0.05, 0.1) is 5.69 Å². The molecule has 1 N–H and O–H groups in total. The highest BCUT2D eigenvalue weighted by molar-refractivity contribution is 7.80. The zero-order chi connectivity index (χ0) is 9.14. The lowest BCUT2D eigenvalue weighted by Gasteiger charge is -2.02. The van der Waals surface area contributed by atoms with Crippen LogP contribution in [0, 0.1) is 0 Å². The third kappa shape index (κ3) is 1.76. The topological polar surface area (TPSA) is 68.0 Å². The number of hydrogen-bond acceptors (Lipinski definition) is 4. The summed E-state index contributed by atoms with van der Waals surface area (Å²) >= 11 is 3.92. The first-order valence-electron chi connectivity index (χ1n) is 3.35. The van der Waals surface area contributed by atoms with Gasteiger partial charge in [0.1, 0.15) is 5.92 Å². The lowest BCUT2D eigenvalue weighted by molar-refractivity contribution is -0.138. The first kappa shape index (κ1) is 9.05. The maximum absolute atomic E-state index is 10.6. The van der Waals surface area contributed by atoms with Gasteiger partial charge < -0.3 is 5.11 Å². The van der Waals surface area contributed by atoms with Gasteiger partial charge in [0.15, 0.2) is 0 Å². The van der Waals surface area contributed by atoms with Crippen molar-refractivity contribution in [1.29, 1.82) is 0 Å². The van der Waals surface area contributed by atoms with Gasteiger partial charge in [-0.3, -0.25) is 9.48 Å². The average Bonchev–Trinajstić information content (AvgIpc) is 2.37. The number of aliphatic carboxylic acids is 1. The second-order valence-electron chi connectivity index (χ2n) is 2.39. The Labute approximate surface area is 74.8 Å². The molecule has 0 saturated carbocycles. The van der Waals surface area contributed by atoms with Crippen molar-refractivity contribution in [3.63, 3.8) is 0 Å². The summed E-state index contributed by atoms with van der Waals surface area (Å²) in [6.07, 6.45) is 1.58. The zero-order valence-electron chi connectivity index (χ0n) is 6.51. The van der Waals surface area contributed by atoms with E-state index in [0.717, 1.165) is 0 Å². The van der Waals surface area contributed by atoms with E-state index in [2.05, 4.69) is 22.9 Å². The van der Waals surface area contributed by atoms with Gasteiger partial charge >= 0.3 is 5.97 Å². The predicted molar refractivity (Wildman–Crippen MR) is 45.2 cm³/mol. The Morgan fingerprint density at radius 1 is 1.92 bits per heavy atom. The first-order valence-corrected chi connectivity index (χ1v) is 3.98. The number of aromatic nitrogens is 3. The number of rotatable bonds is 3. The van der Waals surface area contributed by atoms with Crippen molar-refractivity contribution in [2.45, 2.75) is 5.92 Å². The zero-order valence-corrected chi connectivity index (χ0v) is 7.40. The lowest BCUT2D eigenvalue weighted by Crippen LogP contribution is -2.13. The van der Waals surface area contributed by atoms with Crippen molar-refractivity contribution in [2.24, 2.45) is 7.05 Å². The number of carboxylic acid groups (broad SMARTS) is 1. The van der Waals surface area contributed by atoms with Gasteiger partial charge in [0.25, 0.3) is 0 Å². The van der Waals surface area contributed by atoms with Crippen LogP contribution in [0.1, 0.15) is 11.6 Å². The van der Waals surface area contributed by atoms with E-state index in [9.17, 15) is 4.79 Å². The molecule has 1 unspecified atom stereocenters. The Morgan fingerprint density at radius 3 is 2.92 bits per heavy atom. The molecule has 5 nitrogen and oxygen atoms in total. The monoisotopic (exact) mass is 187 g/mol. The molecule has 0 spiro atoms. The summed E-state index contributed by atoms with van der Waals surface area (Å²) in [6, 6.07) is 0. The van der Waals surface area contributed by atoms with Crippen molar-refractivity contribution in [1.82, 2.24) is 15.0 Å². The molecule has 66 valence electrons. The Balaban J connectivity index is 2.87. The SMILES string of the molecule is Cn1cc(C(CS)C(=O)O)nn1. The van der Waals surface area contributed by atoms with E-state index in [0.29, 0.717) is 5.69 Å². The number of thiol groups is 1. The maximum atomic E-state index is 10.6. The van der Waals surface area contributed by atoms with Crippen LogP contribution in [0.25, 0.3) is 0 Å². The van der Waals surface area contributed by atoms with Crippen LogP contribution >= 0.6 is 12.6 Å². The van der Waals surface area contributed by atoms with Crippen molar-refractivity contribution < 1.29 is 9.90 Å². The van der Waals surface area contributed by atoms with Gasteiger partial charge in [-0.2, -0.15) is 12.6 Å². The number of carboxylic acids is 1. The van der Waals surface area contributed by atoms with Gasteiger partial charge in [0, 0.05) is 19.0 Å². The second-order valence-corrected chi connectivity index (χ2v) is 2.76. The Bertz CT molecular complexity index is 286. The van der Waals surface area contributed by atoms with Gasteiger partial charge in [-0.05, 0) is 0 Å². The molecule has 0 aliphatic carbocycles. The van der Waals surface area contributed by atoms with Gasteiger partial charge in [-0.1, -0.05) is 5.21 Å². The van der Waals surface area contributed by atoms with Crippen LogP contribution < -0.4 is 0 Å². The molecular weight excluding hydrogens is 178 g/mol. The van der Waals surface area contributed by atoms with Crippen molar-refractivity contribution >= 4 is 18.6 Å². The summed E-state index contributed by atoms with van der Waals surface area (Å²) in [5.41, 5.74) is 0.444. The molecule has 0 aromatic carbocycles. The minimum absolute atomic E-state index is 0.230. The molecule has 12 heavy (non-hydrogen) atoms. The highest BCUT2D eigenvalue weighted by Crippen LogP contribution is 2.13. The molecule has 1 atom stereocenters. The largest absolute Gasteiger partial charge is 0.481 e. The minimum atomic E-state index is -0.925. The standard InChI is InChI=1S/C6H9N3O2S/c1-9-2-5(7-8-9)4(3-12)6(10)11/h2,4,12H,3H2,1H3,(H,10,11). The smallest absolute Gasteiger partial charge is 0.313 e. The van der Waals surface area contributed by atoms with E-state index in [-0.39, 0.29) is 5.75 Å². The third-order valence-corrected chi connectivity index (χ3v) is 1.82. The normalized spacial score (nSPS) is 12.8. The first-order chi connectivity index (χ1) is 5.65. The summed E-state index contributed by atoms with van der Waals surface area (Å²) in [6.45, 7) is 0. The molecule has 0 aliphatic rings. The van der Waals surface area contributed by atoms with Crippen LogP contribution in [-0.2, 0) is 11.8 Å². The summed E-state index contributed by atoms with van der Waals surface area (Å²) in [7, 11) is 1.69. The molecule has 1 aromatic rings. The maximum Gasteiger partial charge on any atom is 0.313 e. The Hall–Kier alpha value is -1.04. The second kappa shape index (κ2) is 3.57. The van der Waals surface area contributed by atoms with E-state index in [4.69, 9.17) is 5.11 Å². The Kier molecular flexibility index (Phi) is 2.69. The molecule has 0 aliphatic heterocycles. The molecule has 0 amide bonds. The fourth-order valence-electron chi connectivity index (χ4n) is 0.823. The molecule has 0 radical (unpaired) electrons. The van der Waals surface area contributed by atoms with E-state index >= 15 is 0 Å².